The van der Waals surface area contributed by atoms with Gasteiger partial charge in [-0.05, 0) is 30.9 Å². The molecule has 12 heteroatoms. The summed E-state index contributed by atoms with van der Waals surface area (Å²) < 4.78 is 34.1. The zero-order valence-electron chi connectivity index (χ0n) is 21.5. The third-order valence-corrected chi connectivity index (χ3v) is 8.48. The highest BCUT2D eigenvalue weighted by Gasteiger charge is 2.52. The molecule has 0 spiro atoms. The van der Waals surface area contributed by atoms with Crippen molar-refractivity contribution in [2.24, 2.45) is 11.7 Å². The summed E-state index contributed by atoms with van der Waals surface area (Å²) in [6, 6.07) is 15.0. The molecule has 3 unspecified atom stereocenters. The normalized spacial score (nSPS) is 18.7. The third-order valence-electron chi connectivity index (χ3n) is 6.38. The Morgan fingerprint density at radius 1 is 1.16 bits per heavy atom. The van der Waals surface area contributed by atoms with Gasteiger partial charge in [0.2, 0.25) is 4.99 Å². The number of amides is 1. The van der Waals surface area contributed by atoms with E-state index in [9.17, 15) is 18.3 Å². The van der Waals surface area contributed by atoms with Crippen LogP contribution >= 0.6 is 0 Å². The Kier molecular flexibility index (Phi) is 8.19. The first-order valence-corrected chi connectivity index (χ1v) is 13.7. The summed E-state index contributed by atoms with van der Waals surface area (Å²) in [6.07, 6.45) is 0.271. The van der Waals surface area contributed by atoms with E-state index in [2.05, 4.69) is 16.0 Å². The van der Waals surface area contributed by atoms with Crippen LogP contribution in [0.15, 0.2) is 65.3 Å². The fraction of sp³-hybridized carbons (Fsp3) is 0.385. The number of hydrogen-bond acceptors (Lipinski definition) is 9. The molecule has 2 aromatic carbocycles. The van der Waals surface area contributed by atoms with Gasteiger partial charge in [-0.25, -0.2) is 8.42 Å². The van der Waals surface area contributed by atoms with Crippen molar-refractivity contribution in [1.29, 1.82) is 0 Å². The molecule has 2 heterocycles. The van der Waals surface area contributed by atoms with Crippen LogP contribution in [0.3, 0.4) is 0 Å². The highest BCUT2D eigenvalue weighted by molar-refractivity contribution is 7.90. The highest BCUT2D eigenvalue weighted by Crippen LogP contribution is 2.37. The first-order chi connectivity index (χ1) is 18.0. The van der Waals surface area contributed by atoms with Gasteiger partial charge in [0.25, 0.3) is 15.9 Å². The van der Waals surface area contributed by atoms with E-state index in [4.69, 9.17) is 15.1 Å². The van der Waals surface area contributed by atoms with E-state index in [1.807, 2.05) is 44.2 Å². The molecule has 1 aliphatic heterocycles. The molecule has 4 rings (SSSR count). The maximum Gasteiger partial charge on any atom is 0.256 e. The van der Waals surface area contributed by atoms with Gasteiger partial charge in [-0.1, -0.05) is 67.5 Å². The van der Waals surface area contributed by atoms with Crippen LogP contribution in [-0.2, 0) is 21.4 Å². The van der Waals surface area contributed by atoms with Crippen LogP contribution in [0.5, 0.6) is 5.75 Å². The Morgan fingerprint density at radius 2 is 1.84 bits per heavy atom. The number of nitrogens with zero attached hydrogens (tertiary/aromatic N) is 2. The number of para-hydroxylation sites is 1. The Hall–Kier alpha value is -3.29. The maximum atomic E-state index is 14.0. The fourth-order valence-corrected chi connectivity index (χ4v) is 6.22. The molecule has 0 fully saturated rings. The number of hydroxylamine groups is 1. The summed E-state index contributed by atoms with van der Waals surface area (Å²) in [5.41, 5.74) is 10.2. The number of aliphatic hydroxyl groups is 1. The van der Waals surface area contributed by atoms with Gasteiger partial charge in [0.05, 0.1) is 23.9 Å². The number of carbonyl (C=O) groups excluding carboxylic acids is 1. The van der Waals surface area contributed by atoms with Gasteiger partial charge in [0.15, 0.2) is 5.75 Å². The third kappa shape index (κ3) is 5.59. The Balaban J connectivity index is 1.63. The Labute approximate surface area is 222 Å². The molecule has 0 radical (unpaired) electrons. The van der Waals surface area contributed by atoms with E-state index in [1.54, 1.807) is 31.2 Å². The average Bonchev–Trinajstić information content (AvgIpc) is 3.47. The number of aliphatic hydroxyl groups excluding tert-OH is 1. The lowest BCUT2D eigenvalue weighted by molar-refractivity contribution is 0.0766. The Morgan fingerprint density at radius 3 is 2.50 bits per heavy atom. The van der Waals surface area contributed by atoms with Crippen molar-refractivity contribution >= 4 is 15.9 Å². The molecule has 0 saturated carbocycles. The van der Waals surface area contributed by atoms with Crippen molar-refractivity contribution in [3.05, 3.63) is 83.2 Å². The predicted molar refractivity (Wildman–Crippen MR) is 140 cm³/mol. The number of aryl methyl sites for hydroxylation is 1. The summed E-state index contributed by atoms with van der Waals surface area (Å²) in [4.78, 5) is 16.3. The SMILES string of the molecule is Cc1oncc1C(=O)NC(Cc1ccccc1)C(O)CN(CC(C)C)S(=O)(=O)C1(N)NOc2ccccc21. The summed E-state index contributed by atoms with van der Waals surface area (Å²) in [5, 5.41) is 17.9. The van der Waals surface area contributed by atoms with Crippen LogP contribution in [0, 0.1) is 12.8 Å². The largest absolute Gasteiger partial charge is 0.405 e. The van der Waals surface area contributed by atoms with Crippen LogP contribution in [0.1, 0.15) is 41.1 Å². The van der Waals surface area contributed by atoms with E-state index in [0.717, 1.165) is 9.87 Å². The average molecular weight is 544 g/mol. The highest BCUT2D eigenvalue weighted by atomic mass is 32.2. The monoisotopic (exact) mass is 543 g/mol. The predicted octanol–water partition coefficient (Wildman–Crippen LogP) is 1.64. The lowest BCUT2D eigenvalue weighted by Gasteiger charge is -2.35. The quantitative estimate of drug-likeness (QED) is 0.282. The second-order valence-corrected chi connectivity index (χ2v) is 11.9. The van der Waals surface area contributed by atoms with Crippen molar-refractivity contribution in [1.82, 2.24) is 20.3 Å². The molecule has 0 aliphatic carbocycles. The van der Waals surface area contributed by atoms with Gasteiger partial charge in [-0.2, -0.15) is 4.31 Å². The van der Waals surface area contributed by atoms with Gasteiger partial charge in [0.1, 0.15) is 11.3 Å². The summed E-state index contributed by atoms with van der Waals surface area (Å²) in [7, 11) is -4.31. The molecule has 0 bridgehead atoms. The number of benzene rings is 2. The molecule has 3 atom stereocenters. The molecule has 5 N–H and O–H groups in total. The van der Waals surface area contributed by atoms with Crippen molar-refractivity contribution in [3.63, 3.8) is 0 Å². The number of nitrogens with two attached hydrogens (primary N) is 1. The van der Waals surface area contributed by atoms with Gasteiger partial charge in [-0.3, -0.25) is 10.5 Å². The zero-order chi connectivity index (χ0) is 27.5. The van der Waals surface area contributed by atoms with E-state index in [1.165, 1.54) is 6.20 Å². The molecule has 38 heavy (non-hydrogen) atoms. The van der Waals surface area contributed by atoms with E-state index >= 15 is 0 Å². The second-order valence-electron chi connectivity index (χ2n) is 9.78. The van der Waals surface area contributed by atoms with Crippen LogP contribution < -0.4 is 21.4 Å². The van der Waals surface area contributed by atoms with Gasteiger partial charge < -0.3 is 19.8 Å². The molecule has 0 saturated heterocycles. The van der Waals surface area contributed by atoms with Crippen LogP contribution in [0.25, 0.3) is 0 Å². The smallest absolute Gasteiger partial charge is 0.256 e. The topological polar surface area (TPSA) is 160 Å². The van der Waals surface area contributed by atoms with E-state index in [0.29, 0.717) is 11.5 Å². The van der Waals surface area contributed by atoms with Crippen LogP contribution in [-0.4, -0.2) is 54.1 Å². The van der Waals surface area contributed by atoms with Crippen molar-refractivity contribution in [3.8, 4) is 5.75 Å². The lowest BCUT2D eigenvalue weighted by atomic mass is 10.0. The number of sulfonamides is 1. The minimum Gasteiger partial charge on any atom is -0.405 e. The molecular weight excluding hydrogens is 510 g/mol. The zero-order valence-corrected chi connectivity index (χ0v) is 22.3. The lowest BCUT2D eigenvalue weighted by Crippen LogP contribution is -2.61. The molecule has 3 aromatic rings. The molecule has 1 aromatic heterocycles. The van der Waals surface area contributed by atoms with Gasteiger partial charge in [-0.15, -0.1) is 5.48 Å². The number of aromatic nitrogens is 1. The number of hydrogen-bond donors (Lipinski definition) is 4. The van der Waals surface area contributed by atoms with E-state index < -0.39 is 33.1 Å². The fourth-order valence-electron chi connectivity index (χ4n) is 4.37. The molecule has 11 nitrogen and oxygen atoms in total. The number of nitrogens with one attached hydrogen (secondary N) is 2. The summed E-state index contributed by atoms with van der Waals surface area (Å²) in [5.74, 6) is 0.0643. The van der Waals surface area contributed by atoms with Gasteiger partial charge >= 0.3 is 0 Å². The summed E-state index contributed by atoms with van der Waals surface area (Å²) in [6.45, 7) is 5.10. The van der Waals surface area contributed by atoms with Crippen LogP contribution in [0.4, 0.5) is 0 Å². The maximum absolute atomic E-state index is 14.0. The minimum atomic E-state index is -4.31. The second kappa shape index (κ2) is 11.2. The standard InChI is InChI=1S/C26H33N5O6S/c1-17(2)15-31(38(34,35)26(27)21-11-7-8-12-24(21)37-30-26)16-23(32)22(13-19-9-5-4-6-10-19)29-25(33)20-14-28-36-18(20)3/h4-12,14,17,22-23,30,32H,13,15-16,27H2,1-3H3,(H,29,33). The number of fused-ring (bicyclic) bond motifs is 1. The van der Waals surface area contributed by atoms with Crippen molar-refractivity contribution in [2.45, 2.75) is 44.3 Å². The molecule has 1 aliphatic rings. The first kappa shape index (κ1) is 27.7. The first-order valence-electron chi connectivity index (χ1n) is 12.3. The molecule has 1 amide bonds. The molecule has 204 valence electrons. The van der Waals surface area contributed by atoms with Crippen LogP contribution in [0.2, 0.25) is 0 Å². The number of carbonyl (C=O) groups is 1. The number of rotatable bonds is 11. The molecular formula is C26H33N5O6S. The van der Waals surface area contributed by atoms with Crippen molar-refractivity contribution < 1.29 is 27.7 Å². The van der Waals surface area contributed by atoms with Gasteiger partial charge in [0, 0.05) is 13.1 Å². The van der Waals surface area contributed by atoms with E-state index in [-0.39, 0.29) is 36.6 Å². The minimum absolute atomic E-state index is 0.0823. The Bertz CT molecular complexity index is 1360. The summed E-state index contributed by atoms with van der Waals surface area (Å²) >= 11 is 0. The van der Waals surface area contributed by atoms with Crippen molar-refractivity contribution in [2.75, 3.05) is 13.1 Å².